The van der Waals surface area contributed by atoms with Gasteiger partial charge < -0.3 is 11.1 Å². The number of carbonyl (C=O) groups is 1. The number of anilines is 1. The van der Waals surface area contributed by atoms with Crippen LogP contribution < -0.4 is 11.1 Å². The van der Waals surface area contributed by atoms with E-state index in [1.165, 1.54) is 0 Å². The summed E-state index contributed by atoms with van der Waals surface area (Å²) in [7, 11) is 0. The van der Waals surface area contributed by atoms with Gasteiger partial charge in [0.1, 0.15) is 0 Å². The molecule has 1 rings (SSSR count). The fourth-order valence-electron chi connectivity index (χ4n) is 1.73. The normalized spacial score (nSPS) is 14.1. The molecule has 3 N–H and O–H groups in total. The maximum atomic E-state index is 11.9. The second kappa shape index (κ2) is 6.23. The van der Waals surface area contributed by atoms with Crippen LogP contribution in [0.5, 0.6) is 0 Å². The molecule has 1 aromatic heterocycles. The average molecular weight is 235 g/mol. The first-order chi connectivity index (χ1) is 8.04. The van der Waals surface area contributed by atoms with Gasteiger partial charge in [-0.05, 0) is 31.4 Å². The van der Waals surface area contributed by atoms with E-state index in [-0.39, 0.29) is 11.9 Å². The van der Waals surface area contributed by atoms with E-state index in [0.29, 0.717) is 17.3 Å². The molecule has 17 heavy (non-hydrogen) atoms. The van der Waals surface area contributed by atoms with Crippen LogP contribution in [0.25, 0.3) is 0 Å². The van der Waals surface area contributed by atoms with Gasteiger partial charge in [0, 0.05) is 12.2 Å². The van der Waals surface area contributed by atoms with Gasteiger partial charge >= 0.3 is 0 Å². The number of hydrogen-bond donors (Lipinski definition) is 2. The highest BCUT2D eigenvalue weighted by atomic mass is 16.1. The lowest BCUT2D eigenvalue weighted by Gasteiger charge is -2.17. The van der Waals surface area contributed by atoms with Gasteiger partial charge in [0.15, 0.2) is 5.69 Å². The number of amides is 1. The van der Waals surface area contributed by atoms with E-state index in [0.717, 1.165) is 12.8 Å². The van der Waals surface area contributed by atoms with Crippen LogP contribution in [-0.2, 0) is 0 Å². The zero-order valence-electron chi connectivity index (χ0n) is 10.7. The summed E-state index contributed by atoms with van der Waals surface area (Å²) in [5.41, 5.74) is 6.43. The molecule has 0 radical (unpaired) electrons. The van der Waals surface area contributed by atoms with E-state index in [4.69, 9.17) is 5.73 Å². The minimum Gasteiger partial charge on any atom is -0.397 e. The van der Waals surface area contributed by atoms with E-state index < -0.39 is 0 Å². The van der Waals surface area contributed by atoms with Crippen LogP contribution in [-0.4, -0.2) is 16.9 Å². The number of rotatable bonds is 5. The van der Waals surface area contributed by atoms with Crippen LogP contribution in [0.15, 0.2) is 18.3 Å². The maximum Gasteiger partial charge on any atom is 0.272 e. The molecular formula is C13H21N3O. The predicted octanol–water partition coefficient (Wildman–Crippen LogP) is 2.22. The number of nitrogens with zero attached hydrogens (tertiary/aromatic N) is 1. The van der Waals surface area contributed by atoms with Crippen molar-refractivity contribution < 1.29 is 4.79 Å². The van der Waals surface area contributed by atoms with Crippen molar-refractivity contribution in [1.82, 2.24) is 10.3 Å². The fraction of sp³-hybridized carbons (Fsp3) is 0.538. The SMILES string of the molecule is CCC(C)CC(C)NC(=O)c1ncccc1N. The minimum atomic E-state index is -0.195. The minimum absolute atomic E-state index is 0.138. The van der Waals surface area contributed by atoms with Crippen molar-refractivity contribution in [3.05, 3.63) is 24.0 Å². The molecule has 94 valence electrons. The zero-order valence-corrected chi connectivity index (χ0v) is 10.7. The molecule has 0 aliphatic heterocycles. The largest absolute Gasteiger partial charge is 0.397 e. The molecule has 0 bridgehead atoms. The molecule has 1 aromatic rings. The van der Waals surface area contributed by atoms with E-state index in [1.807, 2.05) is 6.92 Å². The molecule has 0 spiro atoms. The highest BCUT2D eigenvalue weighted by Crippen LogP contribution is 2.11. The van der Waals surface area contributed by atoms with Crippen LogP contribution in [0.4, 0.5) is 5.69 Å². The number of carbonyl (C=O) groups excluding carboxylic acids is 1. The first kappa shape index (κ1) is 13.5. The fourth-order valence-corrected chi connectivity index (χ4v) is 1.73. The van der Waals surface area contributed by atoms with Crippen molar-refractivity contribution in [3.63, 3.8) is 0 Å². The van der Waals surface area contributed by atoms with Crippen LogP contribution >= 0.6 is 0 Å². The van der Waals surface area contributed by atoms with Gasteiger partial charge in [0.2, 0.25) is 0 Å². The van der Waals surface area contributed by atoms with Crippen molar-refractivity contribution in [2.75, 3.05) is 5.73 Å². The number of nitrogens with one attached hydrogen (secondary N) is 1. The Morgan fingerprint density at radius 2 is 2.24 bits per heavy atom. The summed E-state index contributed by atoms with van der Waals surface area (Å²) < 4.78 is 0. The van der Waals surface area contributed by atoms with Gasteiger partial charge in [0.25, 0.3) is 5.91 Å². The van der Waals surface area contributed by atoms with Crippen LogP contribution in [0.2, 0.25) is 0 Å². The Morgan fingerprint density at radius 1 is 1.53 bits per heavy atom. The first-order valence-electron chi connectivity index (χ1n) is 6.06. The molecule has 0 aromatic carbocycles. The third-order valence-corrected chi connectivity index (χ3v) is 2.88. The van der Waals surface area contributed by atoms with Crippen molar-refractivity contribution >= 4 is 11.6 Å². The molecule has 0 aliphatic carbocycles. The third-order valence-electron chi connectivity index (χ3n) is 2.88. The predicted molar refractivity (Wildman–Crippen MR) is 69.6 cm³/mol. The molecule has 0 aliphatic rings. The Bertz CT molecular complexity index is 379. The molecule has 2 unspecified atom stereocenters. The molecular weight excluding hydrogens is 214 g/mol. The van der Waals surface area contributed by atoms with Gasteiger partial charge in [-0.1, -0.05) is 20.3 Å². The zero-order chi connectivity index (χ0) is 12.8. The summed E-state index contributed by atoms with van der Waals surface area (Å²) in [5, 5.41) is 2.92. The number of pyridine rings is 1. The summed E-state index contributed by atoms with van der Waals surface area (Å²) in [6.07, 6.45) is 3.66. The summed E-state index contributed by atoms with van der Waals surface area (Å²) in [4.78, 5) is 15.9. The smallest absolute Gasteiger partial charge is 0.272 e. The first-order valence-corrected chi connectivity index (χ1v) is 6.06. The topological polar surface area (TPSA) is 68.0 Å². The Balaban J connectivity index is 2.58. The van der Waals surface area contributed by atoms with Crippen LogP contribution in [0.1, 0.15) is 44.1 Å². The van der Waals surface area contributed by atoms with Gasteiger partial charge in [-0.3, -0.25) is 4.79 Å². The Kier molecular flexibility index (Phi) is 4.94. The Labute approximate surface area is 103 Å². The molecule has 1 amide bonds. The molecule has 0 saturated carbocycles. The Hall–Kier alpha value is -1.58. The number of hydrogen-bond acceptors (Lipinski definition) is 3. The summed E-state index contributed by atoms with van der Waals surface area (Å²) in [6.45, 7) is 6.33. The highest BCUT2D eigenvalue weighted by Gasteiger charge is 2.14. The van der Waals surface area contributed by atoms with E-state index in [2.05, 4.69) is 24.1 Å². The van der Waals surface area contributed by atoms with E-state index in [1.54, 1.807) is 18.3 Å². The Morgan fingerprint density at radius 3 is 2.82 bits per heavy atom. The van der Waals surface area contributed by atoms with E-state index >= 15 is 0 Å². The standard InChI is InChI=1S/C13H21N3O/c1-4-9(2)8-10(3)16-13(17)12-11(14)6-5-7-15-12/h5-7,9-10H,4,8,14H2,1-3H3,(H,16,17). The number of nitrogens with two attached hydrogens (primary N) is 1. The number of nitrogen functional groups attached to an aromatic ring is 1. The molecule has 2 atom stereocenters. The summed E-state index contributed by atoms with van der Waals surface area (Å²) in [5.74, 6) is 0.408. The second-order valence-corrected chi connectivity index (χ2v) is 4.56. The van der Waals surface area contributed by atoms with Gasteiger partial charge in [-0.2, -0.15) is 0 Å². The maximum absolute atomic E-state index is 11.9. The van der Waals surface area contributed by atoms with Crippen LogP contribution in [0, 0.1) is 5.92 Å². The van der Waals surface area contributed by atoms with Crippen molar-refractivity contribution in [2.24, 2.45) is 5.92 Å². The molecule has 4 heteroatoms. The molecule has 1 heterocycles. The van der Waals surface area contributed by atoms with Crippen molar-refractivity contribution in [2.45, 2.75) is 39.7 Å². The summed E-state index contributed by atoms with van der Waals surface area (Å²) >= 11 is 0. The highest BCUT2D eigenvalue weighted by molar-refractivity contribution is 5.97. The molecule has 4 nitrogen and oxygen atoms in total. The third kappa shape index (κ3) is 4.06. The second-order valence-electron chi connectivity index (χ2n) is 4.56. The van der Waals surface area contributed by atoms with Gasteiger partial charge in [-0.25, -0.2) is 4.98 Å². The summed E-state index contributed by atoms with van der Waals surface area (Å²) in [6, 6.07) is 3.54. The molecule has 0 saturated heterocycles. The molecule has 0 fully saturated rings. The lowest BCUT2D eigenvalue weighted by Crippen LogP contribution is -2.34. The quantitative estimate of drug-likeness (QED) is 0.822. The van der Waals surface area contributed by atoms with Crippen LogP contribution in [0.3, 0.4) is 0 Å². The monoisotopic (exact) mass is 235 g/mol. The lowest BCUT2D eigenvalue weighted by atomic mass is 10.0. The van der Waals surface area contributed by atoms with Crippen molar-refractivity contribution in [3.8, 4) is 0 Å². The van der Waals surface area contributed by atoms with E-state index in [9.17, 15) is 4.79 Å². The van der Waals surface area contributed by atoms with Crippen molar-refractivity contribution in [1.29, 1.82) is 0 Å². The number of aromatic nitrogens is 1. The van der Waals surface area contributed by atoms with Gasteiger partial charge in [0.05, 0.1) is 5.69 Å². The lowest BCUT2D eigenvalue weighted by molar-refractivity contribution is 0.0931. The average Bonchev–Trinajstić information content (AvgIpc) is 2.29. The van der Waals surface area contributed by atoms with Gasteiger partial charge in [-0.15, -0.1) is 0 Å².